The number of anilines is 3. The van der Waals surface area contributed by atoms with Crippen molar-refractivity contribution in [3.05, 3.63) is 94.8 Å². The lowest BCUT2D eigenvalue weighted by Crippen LogP contribution is -2.23. The van der Waals surface area contributed by atoms with Crippen molar-refractivity contribution >= 4 is 37.9 Å². The van der Waals surface area contributed by atoms with Crippen LogP contribution < -0.4 is 14.9 Å². The molecule has 2 aromatic heterocycles. The van der Waals surface area contributed by atoms with Crippen molar-refractivity contribution in [3.63, 3.8) is 0 Å². The molecule has 3 N–H and O–H groups in total. The molecule has 0 aliphatic carbocycles. The lowest BCUT2D eigenvalue weighted by molar-refractivity contribution is 0.174. The van der Waals surface area contributed by atoms with Crippen LogP contribution in [0.2, 0.25) is 0 Å². The van der Waals surface area contributed by atoms with Gasteiger partial charge < -0.3 is 15.3 Å². The standard InChI is InChI=1S/C32H39N5O3S2/c1-2-3-4-5-8-28-23-41-32(35-28)37-19-16-25-20-29(13-14-30(25)37)42(39,40)36-27-11-9-24(10-12-27)15-18-34-22-31(38)26-7-6-17-33-21-26/h6-7,9-14,17,20-21,23,31,34,36,38H,2-5,8,15-16,18-19,22H2,1H3/t31-/m0/s1. The van der Waals surface area contributed by atoms with Gasteiger partial charge in [0.25, 0.3) is 10.0 Å². The lowest BCUT2D eigenvalue weighted by Gasteiger charge is -2.16. The highest BCUT2D eigenvalue weighted by Gasteiger charge is 2.25. The van der Waals surface area contributed by atoms with E-state index in [1.54, 1.807) is 54.1 Å². The monoisotopic (exact) mass is 605 g/mol. The molecule has 8 nitrogen and oxygen atoms in total. The molecule has 1 atom stereocenters. The van der Waals surface area contributed by atoms with E-state index in [4.69, 9.17) is 4.98 Å². The Hall–Kier alpha value is -3.31. The number of aliphatic hydroxyl groups excluding tert-OH is 1. The van der Waals surface area contributed by atoms with Crippen LogP contribution in [0, 0.1) is 0 Å². The van der Waals surface area contributed by atoms with Gasteiger partial charge in [-0.15, -0.1) is 11.3 Å². The fourth-order valence-corrected chi connectivity index (χ4v) is 7.14. The fraction of sp³-hybridized carbons (Fsp3) is 0.375. The number of nitrogens with one attached hydrogen (secondary N) is 2. The lowest BCUT2D eigenvalue weighted by atomic mass is 10.1. The molecular formula is C32H39N5O3S2. The third kappa shape index (κ3) is 7.74. The Labute approximate surface area is 252 Å². The highest BCUT2D eigenvalue weighted by Crippen LogP contribution is 2.37. The first-order valence-electron chi connectivity index (χ1n) is 14.7. The predicted molar refractivity (Wildman–Crippen MR) is 170 cm³/mol. The molecule has 5 rings (SSSR count). The van der Waals surface area contributed by atoms with E-state index in [9.17, 15) is 13.5 Å². The number of hydrogen-bond donors (Lipinski definition) is 3. The Morgan fingerprint density at radius 2 is 1.93 bits per heavy atom. The zero-order chi connectivity index (χ0) is 29.4. The van der Waals surface area contributed by atoms with Crippen molar-refractivity contribution in [1.29, 1.82) is 0 Å². The van der Waals surface area contributed by atoms with Gasteiger partial charge in [-0.25, -0.2) is 13.4 Å². The second-order valence-electron chi connectivity index (χ2n) is 10.7. The van der Waals surface area contributed by atoms with Gasteiger partial charge in [-0.2, -0.15) is 0 Å². The SMILES string of the molecule is CCCCCCc1csc(N2CCc3cc(S(=O)(=O)Nc4ccc(CCNC[C@H](O)c5cccnc5)cc4)ccc32)n1. The molecule has 4 aromatic rings. The molecule has 0 bridgehead atoms. The summed E-state index contributed by atoms with van der Waals surface area (Å²) < 4.78 is 29.1. The highest BCUT2D eigenvalue weighted by molar-refractivity contribution is 7.92. The Balaban J connectivity index is 1.13. The van der Waals surface area contributed by atoms with E-state index >= 15 is 0 Å². The van der Waals surface area contributed by atoms with E-state index in [0.717, 1.165) is 59.0 Å². The van der Waals surface area contributed by atoms with Crippen LogP contribution in [0.4, 0.5) is 16.5 Å². The summed E-state index contributed by atoms with van der Waals surface area (Å²) in [5.41, 5.74) is 5.58. The van der Waals surface area contributed by atoms with Gasteiger partial charge in [0.2, 0.25) is 0 Å². The molecule has 3 heterocycles. The minimum atomic E-state index is -3.72. The van der Waals surface area contributed by atoms with Crippen molar-refractivity contribution in [3.8, 4) is 0 Å². The zero-order valence-electron chi connectivity index (χ0n) is 24.0. The molecule has 0 saturated heterocycles. The smallest absolute Gasteiger partial charge is 0.261 e. The summed E-state index contributed by atoms with van der Waals surface area (Å²) in [6, 6.07) is 16.4. The molecule has 42 heavy (non-hydrogen) atoms. The van der Waals surface area contributed by atoms with Gasteiger partial charge in [0, 0.05) is 47.8 Å². The number of rotatable bonds is 15. The normalized spacial score (nSPS) is 13.7. The molecule has 0 amide bonds. The zero-order valence-corrected chi connectivity index (χ0v) is 25.6. The van der Waals surface area contributed by atoms with Crippen molar-refractivity contribution < 1.29 is 13.5 Å². The summed E-state index contributed by atoms with van der Waals surface area (Å²) in [4.78, 5) is 11.4. The van der Waals surface area contributed by atoms with Crippen molar-refractivity contribution in [1.82, 2.24) is 15.3 Å². The molecule has 1 aliphatic heterocycles. The molecule has 0 radical (unpaired) electrons. The third-order valence-corrected chi connectivity index (χ3v) is 9.81. The van der Waals surface area contributed by atoms with E-state index in [1.165, 1.54) is 25.7 Å². The van der Waals surface area contributed by atoms with E-state index in [-0.39, 0.29) is 4.90 Å². The molecular weight excluding hydrogens is 567 g/mol. The van der Waals surface area contributed by atoms with Gasteiger partial charge in [-0.05, 0) is 79.8 Å². The fourth-order valence-electron chi connectivity index (χ4n) is 5.13. The Bertz CT molecular complexity index is 1540. The number of aliphatic hydroxyl groups is 1. The first-order chi connectivity index (χ1) is 20.4. The topological polar surface area (TPSA) is 107 Å². The quantitative estimate of drug-likeness (QED) is 0.142. The summed E-state index contributed by atoms with van der Waals surface area (Å²) >= 11 is 1.66. The maximum Gasteiger partial charge on any atom is 0.261 e. The predicted octanol–water partition coefficient (Wildman–Crippen LogP) is 6.02. The van der Waals surface area contributed by atoms with Gasteiger partial charge in [0.05, 0.1) is 16.7 Å². The number of benzene rings is 2. The van der Waals surface area contributed by atoms with E-state index < -0.39 is 16.1 Å². The van der Waals surface area contributed by atoms with Crippen LogP contribution in [-0.4, -0.2) is 43.1 Å². The first kappa shape index (κ1) is 30.2. The number of aryl methyl sites for hydroxylation is 1. The van der Waals surface area contributed by atoms with Crippen molar-refractivity contribution in [2.45, 2.75) is 62.9 Å². The molecule has 2 aromatic carbocycles. The number of unbranched alkanes of at least 4 members (excludes halogenated alkanes) is 3. The molecule has 0 unspecified atom stereocenters. The first-order valence-corrected chi connectivity index (χ1v) is 17.0. The average Bonchev–Trinajstić information content (AvgIpc) is 3.65. The number of aromatic nitrogens is 2. The molecule has 1 aliphatic rings. The number of thiazole rings is 1. The number of sulfonamides is 1. The summed E-state index contributed by atoms with van der Waals surface area (Å²) in [7, 11) is -3.72. The minimum absolute atomic E-state index is 0.263. The van der Waals surface area contributed by atoms with Crippen molar-refractivity contribution in [2.24, 2.45) is 0 Å². The molecule has 222 valence electrons. The van der Waals surface area contributed by atoms with Crippen LogP contribution in [0.3, 0.4) is 0 Å². The number of pyridine rings is 1. The Kier molecular flexibility index (Phi) is 10.2. The summed E-state index contributed by atoms with van der Waals surface area (Å²) in [5.74, 6) is 0. The van der Waals surface area contributed by atoms with Crippen LogP contribution >= 0.6 is 11.3 Å². The minimum Gasteiger partial charge on any atom is -0.387 e. The van der Waals surface area contributed by atoms with Crippen LogP contribution in [0.5, 0.6) is 0 Å². The van der Waals surface area contributed by atoms with E-state index in [2.05, 4.69) is 32.2 Å². The highest BCUT2D eigenvalue weighted by atomic mass is 32.2. The van der Waals surface area contributed by atoms with Gasteiger partial charge in [-0.1, -0.05) is 44.4 Å². The van der Waals surface area contributed by atoms with Crippen LogP contribution in [-0.2, 0) is 29.3 Å². The maximum atomic E-state index is 13.2. The van der Waals surface area contributed by atoms with Gasteiger partial charge in [-0.3, -0.25) is 9.71 Å². The average molecular weight is 606 g/mol. The van der Waals surface area contributed by atoms with Crippen molar-refractivity contribution in [2.75, 3.05) is 29.3 Å². The summed E-state index contributed by atoms with van der Waals surface area (Å²) in [6.07, 6.45) is 10.2. The molecule has 0 spiro atoms. The molecule has 10 heteroatoms. The Morgan fingerprint density at radius 3 is 2.71 bits per heavy atom. The number of hydrogen-bond acceptors (Lipinski definition) is 8. The maximum absolute atomic E-state index is 13.2. The third-order valence-electron chi connectivity index (χ3n) is 7.52. The molecule has 0 saturated carbocycles. The number of nitrogens with zero attached hydrogens (tertiary/aromatic N) is 3. The van der Waals surface area contributed by atoms with E-state index in [1.807, 2.05) is 24.3 Å². The van der Waals surface area contributed by atoms with Gasteiger partial charge in [0.15, 0.2) is 5.13 Å². The van der Waals surface area contributed by atoms with Gasteiger partial charge >= 0.3 is 0 Å². The van der Waals surface area contributed by atoms with Crippen LogP contribution in [0.1, 0.15) is 61.1 Å². The van der Waals surface area contributed by atoms with E-state index in [0.29, 0.717) is 18.8 Å². The summed E-state index contributed by atoms with van der Waals surface area (Å²) in [6.45, 7) is 4.15. The largest absolute Gasteiger partial charge is 0.387 e. The van der Waals surface area contributed by atoms with Gasteiger partial charge in [0.1, 0.15) is 0 Å². The number of fused-ring (bicyclic) bond motifs is 1. The molecule has 0 fully saturated rings. The van der Waals surface area contributed by atoms with Crippen LogP contribution in [0.15, 0.2) is 77.3 Å². The second kappa shape index (κ2) is 14.2. The second-order valence-corrected chi connectivity index (χ2v) is 13.2. The Morgan fingerprint density at radius 1 is 1.07 bits per heavy atom. The van der Waals surface area contributed by atoms with Crippen LogP contribution in [0.25, 0.3) is 0 Å². The summed E-state index contributed by atoms with van der Waals surface area (Å²) in [5, 5.41) is 16.6.